The average Bonchev–Trinajstić information content (AvgIpc) is 3.55. The molecule has 0 saturated heterocycles. The largest absolute Gasteiger partial charge is 0.503 e. The maximum absolute atomic E-state index is 13.6. The molecule has 5 rings (SSSR count). The van der Waals surface area contributed by atoms with Crippen LogP contribution < -0.4 is 4.90 Å². The van der Waals surface area contributed by atoms with Crippen LogP contribution in [0.15, 0.2) is 64.5 Å². The molecule has 1 unspecified atom stereocenters. The van der Waals surface area contributed by atoms with Crippen LogP contribution in [-0.4, -0.2) is 37.0 Å². The van der Waals surface area contributed by atoms with Gasteiger partial charge in [0.15, 0.2) is 10.1 Å². The predicted molar refractivity (Wildman–Crippen MR) is 141 cm³/mol. The number of ketones is 1. The first-order valence-corrected chi connectivity index (χ1v) is 13.7. The number of benzene rings is 1. The molecule has 8 nitrogen and oxygen atoms in total. The van der Waals surface area contributed by atoms with Crippen molar-refractivity contribution in [1.82, 2.24) is 20.2 Å². The Morgan fingerprint density at radius 3 is 2.67 bits per heavy atom. The van der Waals surface area contributed by atoms with E-state index >= 15 is 0 Å². The predicted octanol–water partition coefficient (Wildman–Crippen LogP) is 5.74. The van der Waals surface area contributed by atoms with Crippen LogP contribution in [0.1, 0.15) is 37.5 Å². The van der Waals surface area contributed by atoms with Crippen molar-refractivity contribution in [2.45, 2.75) is 30.0 Å². The molecule has 1 atom stereocenters. The molecule has 12 heteroatoms. The van der Waals surface area contributed by atoms with Gasteiger partial charge in [0.25, 0.3) is 5.91 Å². The van der Waals surface area contributed by atoms with Crippen molar-refractivity contribution in [1.29, 1.82) is 0 Å². The molecule has 0 fully saturated rings. The van der Waals surface area contributed by atoms with Crippen molar-refractivity contribution in [3.63, 3.8) is 0 Å². The second kappa shape index (κ2) is 10.1. The summed E-state index contributed by atoms with van der Waals surface area (Å²) >= 11 is 10.1. The molecule has 36 heavy (non-hydrogen) atoms. The van der Waals surface area contributed by atoms with Gasteiger partial charge in [0, 0.05) is 23.2 Å². The van der Waals surface area contributed by atoms with Crippen LogP contribution >= 0.6 is 46.0 Å². The fourth-order valence-electron chi connectivity index (χ4n) is 3.87. The number of Topliss-reactive ketones (excluding diaryl/α,β-unsaturated/α-hetero) is 1. The van der Waals surface area contributed by atoms with Gasteiger partial charge in [-0.05, 0) is 37.1 Å². The number of rotatable bonds is 7. The van der Waals surface area contributed by atoms with Crippen LogP contribution in [0.5, 0.6) is 0 Å². The number of hydrogen-bond donors (Lipinski definition) is 1. The number of nitrogens with zero attached hydrogens (tertiary/aromatic N) is 5. The molecule has 1 aliphatic heterocycles. The first kappa shape index (κ1) is 24.6. The lowest BCUT2D eigenvalue weighted by Crippen LogP contribution is -2.31. The third kappa shape index (κ3) is 4.55. The lowest BCUT2D eigenvalue weighted by atomic mass is 9.96. The summed E-state index contributed by atoms with van der Waals surface area (Å²) in [7, 11) is 0. The Hall–Kier alpha value is -3.12. The summed E-state index contributed by atoms with van der Waals surface area (Å²) in [5.41, 5.74) is 2.04. The molecule has 4 aromatic rings. The summed E-state index contributed by atoms with van der Waals surface area (Å²) in [5.74, 6) is -1.20. The van der Waals surface area contributed by atoms with E-state index in [1.54, 1.807) is 38.4 Å². The number of amides is 1. The number of carbonyl (C=O) groups excluding carboxylic acids is 2. The Labute approximate surface area is 223 Å². The number of carbonyl (C=O) groups is 2. The van der Waals surface area contributed by atoms with Gasteiger partial charge >= 0.3 is 0 Å². The van der Waals surface area contributed by atoms with E-state index in [4.69, 9.17) is 11.6 Å². The highest BCUT2D eigenvalue weighted by molar-refractivity contribution is 8.00. The summed E-state index contributed by atoms with van der Waals surface area (Å²) in [6.07, 6.45) is 3.16. The molecule has 182 valence electrons. The van der Waals surface area contributed by atoms with Gasteiger partial charge in [-0.15, -0.1) is 21.5 Å². The summed E-state index contributed by atoms with van der Waals surface area (Å²) < 4.78 is 0.621. The van der Waals surface area contributed by atoms with Crippen LogP contribution in [0.25, 0.3) is 0 Å². The minimum Gasteiger partial charge on any atom is -0.503 e. The number of pyridine rings is 1. The topological polar surface area (TPSA) is 109 Å². The summed E-state index contributed by atoms with van der Waals surface area (Å²) in [4.78, 5) is 37.1. The number of aryl methyl sites for hydroxylation is 2. The quantitative estimate of drug-likeness (QED) is 0.175. The molecule has 0 aliphatic carbocycles. The van der Waals surface area contributed by atoms with Crippen LogP contribution in [0.2, 0.25) is 5.02 Å². The number of aromatic nitrogens is 4. The third-order valence-electron chi connectivity index (χ3n) is 5.47. The zero-order valence-electron chi connectivity index (χ0n) is 19.0. The first-order chi connectivity index (χ1) is 17.3. The summed E-state index contributed by atoms with van der Waals surface area (Å²) in [6.45, 7) is 3.53. The molecule has 1 N–H and O–H groups in total. The number of halogens is 1. The molecule has 4 heterocycles. The highest BCUT2D eigenvalue weighted by Crippen LogP contribution is 2.44. The Morgan fingerprint density at radius 1 is 1.17 bits per heavy atom. The van der Waals surface area contributed by atoms with Gasteiger partial charge < -0.3 is 5.11 Å². The number of aliphatic hydroxyl groups is 1. The van der Waals surface area contributed by atoms with E-state index in [9.17, 15) is 14.7 Å². The van der Waals surface area contributed by atoms with Crippen molar-refractivity contribution < 1.29 is 14.7 Å². The van der Waals surface area contributed by atoms with Crippen molar-refractivity contribution in [2.24, 2.45) is 0 Å². The Morgan fingerprint density at radius 2 is 1.97 bits per heavy atom. The number of hydrogen-bond acceptors (Lipinski definition) is 10. The standard InChI is InChI=1S/C24H18ClN5O3S3/c1-12-21(35-13(2)27-12)19(31)17-18(14-7-5-9-26-10-14)30(22(33)20(17)32)23-28-29-24(36-23)34-11-15-6-3-4-8-16(15)25/h3-10,18,32H,11H2,1-2H3. The molecule has 0 saturated carbocycles. The average molecular weight is 556 g/mol. The van der Waals surface area contributed by atoms with Crippen LogP contribution in [0.3, 0.4) is 0 Å². The molecular formula is C24H18ClN5O3S3. The number of aliphatic hydroxyl groups excluding tert-OH is 1. The number of thiazole rings is 1. The van der Waals surface area contributed by atoms with Crippen molar-refractivity contribution in [3.8, 4) is 0 Å². The van der Waals surface area contributed by atoms with Gasteiger partial charge in [0.2, 0.25) is 10.9 Å². The van der Waals surface area contributed by atoms with Gasteiger partial charge in [-0.2, -0.15) is 0 Å². The van der Waals surface area contributed by atoms with Crippen molar-refractivity contribution in [3.05, 3.63) is 91.9 Å². The molecule has 1 aliphatic rings. The summed E-state index contributed by atoms with van der Waals surface area (Å²) in [6, 6.07) is 10.1. The molecule has 1 amide bonds. The van der Waals surface area contributed by atoms with Gasteiger partial charge in [-0.25, -0.2) is 4.98 Å². The number of thioether (sulfide) groups is 1. The maximum Gasteiger partial charge on any atom is 0.296 e. The Kier molecular flexibility index (Phi) is 6.89. The molecule has 0 spiro atoms. The zero-order chi connectivity index (χ0) is 25.4. The smallest absolute Gasteiger partial charge is 0.296 e. The normalized spacial score (nSPS) is 15.7. The fourth-order valence-corrected chi connectivity index (χ4v) is 6.89. The summed E-state index contributed by atoms with van der Waals surface area (Å²) in [5, 5.41) is 21.0. The molecule has 1 aromatic carbocycles. The van der Waals surface area contributed by atoms with E-state index in [2.05, 4.69) is 20.2 Å². The van der Waals surface area contributed by atoms with Gasteiger partial charge in [0.05, 0.1) is 27.2 Å². The van der Waals surface area contributed by atoms with Crippen molar-refractivity contribution in [2.75, 3.05) is 4.90 Å². The van der Waals surface area contributed by atoms with E-state index in [0.29, 0.717) is 31.2 Å². The lowest BCUT2D eigenvalue weighted by Gasteiger charge is -2.23. The van der Waals surface area contributed by atoms with Gasteiger partial charge in [-0.3, -0.25) is 19.5 Å². The van der Waals surface area contributed by atoms with Gasteiger partial charge in [0.1, 0.15) is 0 Å². The first-order valence-electron chi connectivity index (χ1n) is 10.7. The highest BCUT2D eigenvalue weighted by atomic mass is 35.5. The van der Waals surface area contributed by atoms with Gasteiger partial charge in [-0.1, -0.05) is 59.0 Å². The molecule has 3 aromatic heterocycles. The molecular weight excluding hydrogens is 538 g/mol. The molecule has 0 bridgehead atoms. The Bertz CT molecular complexity index is 1500. The fraction of sp³-hybridized carbons (Fsp3) is 0.167. The second-order valence-electron chi connectivity index (χ2n) is 7.83. The second-order valence-corrected chi connectivity index (χ2v) is 11.6. The monoisotopic (exact) mass is 555 g/mol. The Balaban J connectivity index is 1.50. The lowest BCUT2D eigenvalue weighted by molar-refractivity contribution is -0.117. The maximum atomic E-state index is 13.6. The molecule has 0 radical (unpaired) electrons. The highest BCUT2D eigenvalue weighted by Gasteiger charge is 2.46. The van der Waals surface area contributed by atoms with Crippen LogP contribution in [0.4, 0.5) is 5.13 Å². The van der Waals surface area contributed by atoms with E-state index in [0.717, 1.165) is 10.6 Å². The minimum atomic E-state index is -0.908. The van der Waals surface area contributed by atoms with Crippen LogP contribution in [0, 0.1) is 13.8 Å². The minimum absolute atomic E-state index is 0.0276. The zero-order valence-corrected chi connectivity index (χ0v) is 22.2. The van der Waals surface area contributed by atoms with E-state index in [1.165, 1.54) is 39.3 Å². The van der Waals surface area contributed by atoms with Crippen LogP contribution in [-0.2, 0) is 10.5 Å². The van der Waals surface area contributed by atoms with E-state index in [-0.39, 0.29) is 10.7 Å². The van der Waals surface area contributed by atoms with E-state index in [1.807, 2.05) is 24.3 Å². The van der Waals surface area contributed by atoms with Crippen molar-refractivity contribution >= 4 is 62.9 Å². The SMILES string of the molecule is Cc1nc(C)c(C(=O)C2=C(O)C(=O)N(c3nnc(SCc4ccccc4Cl)s3)C2c2cccnc2)s1. The van der Waals surface area contributed by atoms with E-state index < -0.39 is 23.5 Å². The third-order valence-corrected chi connectivity index (χ3v) is 9.02. The number of anilines is 1.